The fourth-order valence-electron chi connectivity index (χ4n) is 5.33. The lowest BCUT2D eigenvalue weighted by Crippen LogP contribution is -2.00. The summed E-state index contributed by atoms with van der Waals surface area (Å²) in [6.45, 7) is 0. The molecular weight excluding hydrogens is 669 g/mol. The van der Waals surface area contributed by atoms with Gasteiger partial charge in [0, 0.05) is 33.2 Å². The Bertz CT molecular complexity index is 4630. The summed E-state index contributed by atoms with van der Waals surface area (Å²) >= 11 is 0. The molecule has 10 aromatic rings. The van der Waals surface area contributed by atoms with Crippen molar-refractivity contribution in [3.63, 3.8) is 0 Å². The number of hydrogen-bond donors (Lipinski definition) is 0. The molecule has 0 N–H and O–H groups in total. The highest BCUT2D eigenvalue weighted by molar-refractivity contribution is 6.10. The van der Waals surface area contributed by atoms with Gasteiger partial charge in [0.15, 0.2) is 17.5 Å². The van der Waals surface area contributed by atoms with Crippen LogP contribution in [-0.2, 0) is 0 Å². The van der Waals surface area contributed by atoms with E-state index >= 15 is 0 Å². The maximum absolute atomic E-state index is 9.60. The van der Waals surface area contributed by atoms with Gasteiger partial charge in [-0.2, -0.15) is 0 Å². The molecule has 4 nitrogen and oxygen atoms in total. The number of hydrogen-bond acceptors (Lipinski definition) is 3. The van der Waals surface area contributed by atoms with Gasteiger partial charge in [0.25, 0.3) is 0 Å². The third kappa shape index (κ3) is 6.16. The Morgan fingerprint density at radius 3 is 1.13 bits per heavy atom. The van der Waals surface area contributed by atoms with Gasteiger partial charge in [0.2, 0.25) is 0 Å². The molecule has 2 aromatic heterocycles. The molecule has 0 amide bonds. The number of para-hydroxylation sites is 1. The molecule has 0 fully saturated rings. The molecule has 4 heteroatoms. The molecule has 55 heavy (non-hydrogen) atoms. The maximum Gasteiger partial charge on any atom is 0.164 e. The highest BCUT2D eigenvalue weighted by atomic mass is 15.0. The van der Waals surface area contributed by atoms with Crippen LogP contribution in [-0.4, -0.2) is 19.5 Å². The van der Waals surface area contributed by atoms with Crippen LogP contribution in [0.2, 0.25) is 0 Å². The van der Waals surface area contributed by atoms with Gasteiger partial charge in [-0.05, 0) is 75.7 Å². The van der Waals surface area contributed by atoms with Crippen LogP contribution >= 0.6 is 0 Å². The zero-order valence-electron chi connectivity index (χ0n) is 61.3. The van der Waals surface area contributed by atoms with Crippen LogP contribution in [0.25, 0.3) is 95.0 Å². The first-order valence-electron chi connectivity index (χ1n) is 32.8. The molecule has 0 bridgehead atoms. The van der Waals surface area contributed by atoms with Gasteiger partial charge in [0.05, 0.1) is 57.6 Å². The molecule has 258 valence electrons. The third-order valence-electron chi connectivity index (χ3n) is 7.80. The topological polar surface area (TPSA) is 43.6 Å². The molecule has 8 aromatic carbocycles. The van der Waals surface area contributed by atoms with E-state index in [0.29, 0.717) is 4.57 Å². The fourth-order valence-corrected chi connectivity index (χ4v) is 5.33. The first-order chi connectivity index (χ1) is 41.4. The zero-order chi connectivity index (χ0) is 66.1. The van der Waals surface area contributed by atoms with Crippen LogP contribution in [0, 0.1) is 0 Å². The van der Waals surface area contributed by atoms with Crippen molar-refractivity contribution >= 4 is 21.8 Å². The van der Waals surface area contributed by atoms with Crippen LogP contribution in [0.1, 0.15) is 46.6 Å². The quantitative estimate of drug-likeness (QED) is 0.164. The minimum atomic E-state index is -1.19. The van der Waals surface area contributed by atoms with Gasteiger partial charge >= 0.3 is 0 Å². The summed E-state index contributed by atoms with van der Waals surface area (Å²) in [6.07, 6.45) is 0. The van der Waals surface area contributed by atoms with Gasteiger partial charge in [-0.25, -0.2) is 15.0 Å². The highest BCUT2D eigenvalue weighted by Gasteiger charge is 2.16. The van der Waals surface area contributed by atoms with E-state index < -0.39 is 300 Å². The van der Waals surface area contributed by atoms with Gasteiger partial charge in [0.1, 0.15) is 0 Å². The second kappa shape index (κ2) is 13.8. The third-order valence-corrected chi connectivity index (χ3v) is 7.80. The molecule has 2 heterocycles. The molecule has 0 aliphatic carbocycles. The predicted octanol–water partition coefficient (Wildman–Crippen LogP) is 13.0. The van der Waals surface area contributed by atoms with Crippen LogP contribution in [0.4, 0.5) is 0 Å². The fraction of sp³-hybridized carbons (Fsp3) is 0. The Balaban J connectivity index is 1.33. The second-order valence-corrected chi connectivity index (χ2v) is 11.1. The minimum Gasteiger partial charge on any atom is -0.309 e. The number of benzene rings is 8. The molecule has 0 saturated heterocycles. The molecule has 0 aliphatic rings. The number of nitrogens with zero attached hydrogens (tertiary/aromatic N) is 4. The van der Waals surface area contributed by atoms with Crippen LogP contribution in [0.15, 0.2) is 205 Å². The largest absolute Gasteiger partial charge is 0.309 e. The van der Waals surface area contributed by atoms with Crippen LogP contribution < -0.4 is 0 Å². The normalized spacial score (nSPS) is 19.9. The Labute approximate surface area is 367 Å². The molecule has 0 radical (unpaired) electrons. The Kier molecular flexibility index (Phi) is 3.17. The van der Waals surface area contributed by atoms with E-state index in [4.69, 9.17) is 31.5 Å². The van der Waals surface area contributed by atoms with Crippen molar-refractivity contribution in [3.05, 3.63) is 205 Å². The van der Waals surface area contributed by atoms with E-state index in [1.54, 1.807) is 0 Å². The first kappa shape index (κ1) is 12.6. The SMILES string of the molecule is [2H]c1c([2H])c([2H])c(-c2c([2H])c([2H])c(-c3nc(-c4c([2H])c([2H])c(-c5c([2H])c([2H])c([2H])c([2H])c5[2H])c([2H])c4[2H])nc(-c4c([2H])c([2H])c(-n5c6c([2H])c([2H])c([2H])c([2H])c6c6c([2H])c(-c7c([2H])c([2H])c([2H])c([2H])c7[2H])c([2H])c([2H])c65)c([2H])c4[2H])n3)c([2H])c2[2H])c([2H])c1[2H]. The molecule has 0 spiro atoms. The molecular formula is C51H34N4. The summed E-state index contributed by atoms with van der Waals surface area (Å²) in [5.41, 5.74) is -9.93. The summed E-state index contributed by atoms with van der Waals surface area (Å²) in [5.74, 6) is -3.07. The number of aromatic nitrogens is 4. The van der Waals surface area contributed by atoms with Crippen molar-refractivity contribution in [2.24, 2.45) is 0 Å². The van der Waals surface area contributed by atoms with Crippen molar-refractivity contribution in [3.8, 4) is 73.2 Å². The summed E-state index contributed by atoms with van der Waals surface area (Å²) < 4.78 is 301. The van der Waals surface area contributed by atoms with Crippen LogP contribution in [0.5, 0.6) is 0 Å². The van der Waals surface area contributed by atoms with Gasteiger partial charge < -0.3 is 4.57 Å². The first-order valence-corrected chi connectivity index (χ1v) is 15.8. The van der Waals surface area contributed by atoms with Crippen molar-refractivity contribution in [1.29, 1.82) is 0 Å². The molecule has 0 saturated carbocycles. The second-order valence-electron chi connectivity index (χ2n) is 11.1. The summed E-state index contributed by atoms with van der Waals surface area (Å²) in [7, 11) is 0. The number of fused-ring (bicyclic) bond motifs is 3. The highest BCUT2D eigenvalue weighted by Crippen LogP contribution is 2.36. The van der Waals surface area contributed by atoms with E-state index in [0.717, 1.165) is 0 Å². The summed E-state index contributed by atoms with van der Waals surface area (Å²) in [5, 5.41) is -1.27. The summed E-state index contributed by atoms with van der Waals surface area (Å²) in [4.78, 5) is 12.8. The lowest BCUT2D eigenvalue weighted by molar-refractivity contribution is 1.07. The van der Waals surface area contributed by atoms with Crippen molar-refractivity contribution in [1.82, 2.24) is 19.5 Å². The van der Waals surface area contributed by atoms with E-state index in [2.05, 4.69) is 15.0 Å². The van der Waals surface area contributed by atoms with Gasteiger partial charge in [-0.15, -0.1) is 0 Å². The van der Waals surface area contributed by atoms with E-state index in [1.807, 2.05) is 0 Å². The van der Waals surface area contributed by atoms with Crippen molar-refractivity contribution < 1.29 is 46.6 Å². The molecule has 0 aliphatic heterocycles. The number of rotatable bonds is 7. The van der Waals surface area contributed by atoms with E-state index in [1.165, 1.54) is 0 Å². The molecule has 0 unspecified atom stereocenters. The van der Waals surface area contributed by atoms with Crippen molar-refractivity contribution in [2.75, 3.05) is 0 Å². The van der Waals surface area contributed by atoms with Gasteiger partial charge in [-0.1, -0.05) is 163 Å². The average Bonchev–Trinajstić information content (AvgIpc) is 1.58. The average molecular weight is 737 g/mol. The smallest absolute Gasteiger partial charge is 0.164 e. The zero-order valence-corrected chi connectivity index (χ0v) is 27.3. The molecule has 10 rings (SSSR count). The van der Waals surface area contributed by atoms with Gasteiger partial charge in [-0.3, -0.25) is 0 Å². The monoisotopic (exact) mass is 736 g/mol. The Hall–Kier alpha value is -7.43. The predicted molar refractivity (Wildman–Crippen MR) is 227 cm³/mol. The lowest BCUT2D eigenvalue weighted by Gasteiger charge is -2.11. The maximum atomic E-state index is 9.60. The lowest BCUT2D eigenvalue weighted by atomic mass is 10.0. The molecule has 0 atom stereocenters. The van der Waals surface area contributed by atoms with E-state index in [9.17, 15) is 15.1 Å². The summed E-state index contributed by atoms with van der Waals surface area (Å²) in [6, 6.07) is -33.9. The van der Waals surface area contributed by atoms with E-state index in [-0.39, 0.29) is 0 Å². The Morgan fingerprint density at radius 2 is 0.636 bits per heavy atom. The van der Waals surface area contributed by atoms with Crippen molar-refractivity contribution in [2.45, 2.75) is 0 Å². The standard InChI is InChI=1S/C51H34N4/c1-4-12-35(13-5-1)38-20-24-40(25-21-38)49-52-50(41-26-22-39(23-27-41)36-14-6-2-7-15-36)54-51(53-49)42-28-31-44(32-29-42)55-47-19-11-10-18-45(47)46-34-43(30-33-48(46)55)37-16-8-3-9-17-37/h1-34H/i1D,2D,3D,4D,5D,6D,7D,8D,9D,10D,11D,12D,13D,14D,15D,16D,17D,18D,19D,20D,21D,22D,23D,24D,25D,26D,27D,28D,29D,30D,31D,32D,33D,34D. The Morgan fingerprint density at radius 1 is 0.291 bits per heavy atom. The minimum absolute atomic E-state index is 0.624. The van der Waals surface area contributed by atoms with Crippen LogP contribution in [0.3, 0.4) is 0 Å².